The molecule has 0 aliphatic carbocycles. The van der Waals surface area contributed by atoms with Crippen LogP contribution in [-0.4, -0.2) is 12.6 Å². The summed E-state index contributed by atoms with van der Waals surface area (Å²) in [6, 6.07) is 0. The van der Waals surface area contributed by atoms with E-state index < -0.39 is 0 Å². The Labute approximate surface area is 208 Å². The van der Waals surface area contributed by atoms with Gasteiger partial charge in [-0.15, -0.1) is 0 Å². The Bertz CT molecular complexity index is 415. The third-order valence-electron chi connectivity index (χ3n) is 6.85. The Kier molecular flexibility index (Phi) is 26.8. The van der Waals surface area contributed by atoms with Crippen molar-refractivity contribution in [2.24, 2.45) is 0 Å². The maximum absolute atomic E-state index is 12.0. The standard InChI is InChI=1S/C31H60O2/c1-4-6-8-10-12-14-15-16-17-18-19-20-21-23-25-27-29-33-31(32)30(3)28-26-24-22-13-11-9-7-5-2/h3-29H2,1-2H3. The average Bonchev–Trinajstić information content (AvgIpc) is 2.82. The minimum absolute atomic E-state index is 0.168. The molecular formula is C31H60O2. The zero-order chi connectivity index (χ0) is 24.2. The second-order valence-corrected chi connectivity index (χ2v) is 10.3. The van der Waals surface area contributed by atoms with Gasteiger partial charge in [-0.25, -0.2) is 4.79 Å². The molecule has 0 radical (unpaired) electrons. The van der Waals surface area contributed by atoms with Crippen LogP contribution in [0.4, 0.5) is 0 Å². The smallest absolute Gasteiger partial charge is 0.333 e. The Morgan fingerprint density at radius 3 is 1.15 bits per heavy atom. The highest BCUT2D eigenvalue weighted by Gasteiger charge is 2.07. The van der Waals surface area contributed by atoms with Crippen molar-refractivity contribution in [3.05, 3.63) is 12.2 Å². The van der Waals surface area contributed by atoms with Gasteiger partial charge in [-0.05, 0) is 19.3 Å². The van der Waals surface area contributed by atoms with E-state index in [1.807, 2.05) is 0 Å². The first-order valence-corrected chi connectivity index (χ1v) is 15.1. The molecule has 0 heterocycles. The van der Waals surface area contributed by atoms with Crippen molar-refractivity contribution >= 4 is 5.97 Å². The number of hydrogen-bond donors (Lipinski definition) is 0. The first-order valence-electron chi connectivity index (χ1n) is 15.1. The molecule has 0 aromatic rings. The van der Waals surface area contributed by atoms with Crippen LogP contribution >= 0.6 is 0 Å². The van der Waals surface area contributed by atoms with Crippen LogP contribution in [0.1, 0.15) is 174 Å². The molecule has 0 fully saturated rings. The normalized spacial score (nSPS) is 11.1. The van der Waals surface area contributed by atoms with Gasteiger partial charge in [0.05, 0.1) is 6.61 Å². The van der Waals surface area contributed by atoms with Crippen LogP contribution in [0.2, 0.25) is 0 Å². The Morgan fingerprint density at radius 1 is 0.485 bits per heavy atom. The predicted octanol–water partition coefficient (Wildman–Crippen LogP) is 10.9. The van der Waals surface area contributed by atoms with Gasteiger partial charge in [0, 0.05) is 5.57 Å². The molecule has 0 atom stereocenters. The third-order valence-corrected chi connectivity index (χ3v) is 6.85. The molecule has 0 aliphatic rings. The number of hydrogen-bond acceptors (Lipinski definition) is 2. The maximum Gasteiger partial charge on any atom is 0.333 e. The van der Waals surface area contributed by atoms with E-state index in [1.165, 1.54) is 141 Å². The molecule has 0 saturated carbocycles. The molecule has 0 rings (SSSR count). The molecule has 2 nitrogen and oxygen atoms in total. The summed E-state index contributed by atoms with van der Waals surface area (Å²) in [5, 5.41) is 0. The van der Waals surface area contributed by atoms with E-state index in [4.69, 9.17) is 4.74 Å². The largest absolute Gasteiger partial charge is 0.462 e. The van der Waals surface area contributed by atoms with Gasteiger partial charge in [0.25, 0.3) is 0 Å². The van der Waals surface area contributed by atoms with Crippen LogP contribution in [-0.2, 0) is 9.53 Å². The Balaban J connectivity index is 3.26. The summed E-state index contributed by atoms with van der Waals surface area (Å²) >= 11 is 0. The zero-order valence-corrected chi connectivity index (χ0v) is 22.9. The molecular weight excluding hydrogens is 404 g/mol. The van der Waals surface area contributed by atoms with Gasteiger partial charge in [0.2, 0.25) is 0 Å². The summed E-state index contributed by atoms with van der Waals surface area (Å²) < 4.78 is 5.41. The average molecular weight is 465 g/mol. The summed E-state index contributed by atoms with van der Waals surface area (Å²) in [5.41, 5.74) is 0.664. The van der Waals surface area contributed by atoms with Crippen molar-refractivity contribution in [2.75, 3.05) is 6.61 Å². The van der Waals surface area contributed by atoms with Crippen molar-refractivity contribution in [1.82, 2.24) is 0 Å². The molecule has 33 heavy (non-hydrogen) atoms. The van der Waals surface area contributed by atoms with Crippen LogP contribution < -0.4 is 0 Å². The molecule has 0 aliphatic heterocycles. The van der Waals surface area contributed by atoms with Crippen molar-refractivity contribution in [2.45, 2.75) is 174 Å². The van der Waals surface area contributed by atoms with Crippen LogP contribution in [0, 0.1) is 0 Å². The van der Waals surface area contributed by atoms with Crippen molar-refractivity contribution in [1.29, 1.82) is 0 Å². The summed E-state index contributed by atoms with van der Waals surface area (Å²) in [7, 11) is 0. The zero-order valence-electron chi connectivity index (χ0n) is 22.9. The fourth-order valence-electron chi connectivity index (χ4n) is 4.49. The minimum atomic E-state index is -0.168. The molecule has 2 heteroatoms. The highest BCUT2D eigenvalue weighted by molar-refractivity contribution is 5.87. The maximum atomic E-state index is 12.0. The van der Waals surface area contributed by atoms with Crippen molar-refractivity contribution < 1.29 is 9.53 Å². The van der Waals surface area contributed by atoms with E-state index >= 15 is 0 Å². The van der Waals surface area contributed by atoms with Crippen molar-refractivity contribution in [3.8, 4) is 0 Å². The lowest BCUT2D eigenvalue weighted by Gasteiger charge is -2.07. The third kappa shape index (κ3) is 25.7. The first-order chi connectivity index (χ1) is 16.2. The molecule has 0 N–H and O–H groups in total. The lowest BCUT2D eigenvalue weighted by atomic mass is 10.0. The van der Waals surface area contributed by atoms with E-state index in [-0.39, 0.29) is 5.97 Å². The predicted molar refractivity (Wildman–Crippen MR) is 147 cm³/mol. The van der Waals surface area contributed by atoms with Crippen LogP contribution in [0.15, 0.2) is 12.2 Å². The number of carbonyl (C=O) groups excluding carboxylic acids is 1. The fourth-order valence-corrected chi connectivity index (χ4v) is 4.49. The second-order valence-electron chi connectivity index (χ2n) is 10.3. The molecule has 0 amide bonds. The van der Waals surface area contributed by atoms with E-state index in [1.54, 1.807) is 0 Å². The number of rotatable bonds is 27. The first kappa shape index (κ1) is 32.2. The molecule has 0 aromatic heterocycles. The van der Waals surface area contributed by atoms with Crippen LogP contribution in [0.3, 0.4) is 0 Å². The molecule has 0 unspecified atom stereocenters. The van der Waals surface area contributed by atoms with Gasteiger partial charge in [-0.3, -0.25) is 0 Å². The van der Waals surface area contributed by atoms with Crippen LogP contribution in [0.5, 0.6) is 0 Å². The summed E-state index contributed by atoms with van der Waals surface area (Å²) in [5.74, 6) is -0.168. The lowest BCUT2D eigenvalue weighted by Crippen LogP contribution is -2.08. The summed E-state index contributed by atoms with van der Waals surface area (Å²) in [4.78, 5) is 12.0. The summed E-state index contributed by atoms with van der Waals surface area (Å²) in [6.07, 6.45) is 32.9. The monoisotopic (exact) mass is 464 g/mol. The second kappa shape index (κ2) is 27.5. The highest BCUT2D eigenvalue weighted by Crippen LogP contribution is 2.15. The summed E-state index contributed by atoms with van der Waals surface area (Å²) in [6.45, 7) is 9.04. The fraction of sp³-hybridized carbons (Fsp3) is 0.903. The Morgan fingerprint density at radius 2 is 0.788 bits per heavy atom. The van der Waals surface area contributed by atoms with Gasteiger partial charge >= 0.3 is 5.97 Å². The van der Waals surface area contributed by atoms with E-state index in [0.717, 1.165) is 19.3 Å². The molecule has 196 valence electrons. The quantitative estimate of drug-likeness (QED) is 0.0686. The molecule has 0 spiro atoms. The minimum Gasteiger partial charge on any atom is -0.462 e. The number of unbranched alkanes of at least 4 members (excludes halogenated alkanes) is 22. The number of esters is 1. The number of ether oxygens (including phenoxy) is 1. The van der Waals surface area contributed by atoms with Gasteiger partial charge < -0.3 is 4.74 Å². The van der Waals surface area contributed by atoms with Crippen LogP contribution in [0.25, 0.3) is 0 Å². The van der Waals surface area contributed by atoms with Gasteiger partial charge in [0.1, 0.15) is 0 Å². The molecule has 0 saturated heterocycles. The topological polar surface area (TPSA) is 26.3 Å². The van der Waals surface area contributed by atoms with Gasteiger partial charge in [0.15, 0.2) is 0 Å². The number of carbonyl (C=O) groups is 1. The van der Waals surface area contributed by atoms with Crippen molar-refractivity contribution in [3.63, 3.8) is 0 Å². The van der Waals surface area contributed by atoms with Gasteiger partial charge in [-0.1, -0.05) is 162 Å². The Hall–Kier alpha value is -0.790. The lowest BCUT2D eigenvalue weighted by molar-refractivity contribution is -0.139. The van der Waals surface area contributed by atoms with E-state index in [2.05, 4.69) is 20.4 Å². The van der Waals surface area contributed by atoms with E-state index in [0.29, 0.717) is 12.2 Å². The SMILES string of the molecule is C=C(CCCCCCCCCC)C(=O)OCCCCCCCCCCCCCCCCCC. The molecule has 0 aromatic carbocycles. The highest BCUT2D eigenvalue weighted by atomic mass is 16.5. The molecule has 0 bridgehead atoms. The van der Waals surface area contributed by atoms with E-state index in [9.17, 15) is 4.79 Å². The van der Waals surface area contributed by atoms with Gasteiger partial charge in [-0.2, -0.15) is 0 Å².